The molecule has 0 spiro atoms. The van der Waals surface area contributed by atoms with E-state index in [0.717, 1.165) is 55.8 Å². The number of hydrogen-bond donors (Lipinski definition) is 0. The molecule has 4 nitrogen and oxygen atoms in total. The van der Waals surface area contributed by atoms with Crippen molar-refractivity contribution in [1.29, 1.82) is 0 Å². The van der Waals surface area contributed by atoms with E-state index in [4.69, 9.17) is 19.7 Å². The maximum atomic E-state index is 6.07. The highest BCUT2D eigenvalue weighted by atomic mass is 16.5. The minimum atomic E-state index is 0.635. The molecular weight excluding hydrogens is 587 g/mol. The molecule has 0 amide bonds. The minimum Gasteiger partial charge on any atom is -0.495 e. The van der Waals surface area contributed by atoms with Crippen LogP contribution in [0.1, 0.15) is 0 Å². The van der Waals surface area contributed by atoms with Crippen LogP contribution in [0.2, 0.25) is 0 Å². The zero-order chi connectivity index (χ0) is 32.3. The molecule has 7 aromatic carbocycles. The summed E-state index contributed by atoms with van der Waals surface area (Å²) in [6, 6.07) is 58.4. The average molecular weight is 618 g/mol. The van der Waals surface area contributed by atoms with Gasteiger partial charge in [-0.05, 0) is 45.2 Å². The highest BCUT2D eigenvalue weighted by Gasteiger charge is 2.16. The normalized spacial score (nSPS) is 11.0. The van der Waals surface area contributed by atoms with Gasteiger partial charge in [-0.2, -0.15) is 0 Å². The third-order valence-electron chi connectivity index (χ3n) is 8.63. The van der Waals surface area contributed by atoms with Gasteiger partial charge in [0.2, 0.25) is 0 Å². The van der Waals surface area contributed by atoms with Crippen LogP contribution in [0.5, 0.6) is 5.75 Å². The third-order valence-corrected chi connectivity index (χ3v) is 8.63. The van der Waals surface area contributed by atoms with Crippen molar-refractivity contribution >= 4 is 10.8 Å². The number of hydrogen-bond acceptors (Lipinski definition) is 4. The Morgan fingerprint density at radius 3 is 1.35 bits per heavy atom. The van der Waals surface area contributed by atoms with Crippen molar-refractivity contribution in [2.45, 2.75) is 0 Å². The summed E-state index contributed by atoms with van der Waals surface area (Å²) in [4.78, 5) is 14.7. The van der Waals surface area contributed by atoms with Crippen LogP contribution in [0.3, 0.4) is 0 Å². The van der Waals surface area contributed by atoms with E-state index in [1.807, 2.05) is 66.7 Å². The maximum absolute atomic E-state index is 6.07. The Balaban J connectivity index is 1.23. The number of para-hydroxylation sites is 1. The first-order valence-corrected chi connectivity index (χ1v) is 16.0. The molecule has 0 atom stereocenters. The second-order valence-electron chi connectivity index (χ2n) is 11.6. The van der Waals surface area contributed by atoms with E-state index in [-0.39, 0.29) is 0 Å². The second-order valence-corrected chi connectivity index (χ2v) is 11.6. The van der Waals surface area contributed by atoms with Crippen LogP contribution in [0, 0.1) is 0 Å². The van der Waals surface area contributed by atoms with Crippen LogP contribution in [-0.2, 0) is 0 Å². The summed E-state index contributed by atoms with van der Waals surface area (Å²) < 4.78 is 6.07. The maximum Gasteiger partial charge on any atom is 0.164 e. The third kappa shape index (κ3) is 5.61. The van der Waals surface area contributed by atoms with Crippen molar-refractivity contribution in [3.8, 4) is 73.3 Å². The van der Waals surface area contributed by atoms with Gasteiger partial charge in [0.15, 0.2) is 17.5 Å². The number of nitrogens with zero attached hydrogens (tertiary/aromatic N) is 3. The van der Waals surface area contributed by atoms with E-state index in [1.165, 1.54) is 10.8 Å². The van der Waals surface area contributed by atoms with Crippen LogP contribution in [0.25, 0.3) is 78.3 Å². The first kappa shape index (κ1) is 29.0. The van der Waals surface area contributed by atoms with Gasteiger partial charge in [0.25, 0.3) is 0 Å². The topological polar surface area (TPSA) is 47.9 Å². The Kier molecular flexibility index (Phi) is 7.73. The van der Waals surface area contributed by atoms with Crippen molar-refractivity contribution in [1.82, 2.24) is 15.0 Å². The molecule has 0 bridgehead atoms. The molecule has 0 unspecified atom stereocenters. The quantitative estimate of drug-likeness (QED) is 0.179. The van der Waals surface area contributed by atoms with Gasteiger partial charge in [0, 0.05) is 27.8 Å². The van der Waals surface area contributed by atoms with Crippen molar-refractivity contribution in [3.05, 3.63) is 170 Å². The number of benzene rings is 7. The summed E-state index contributed by atoms with van der Waals surface area (Å²) in [5, 5.41) is 2.35. The molecule has 8 rings (SSSR count). The van der Waals surface area contributed by atoms with E-state index in [1.54, 1.807) is 7.11 Å². The summed E-state index contributed by atoms with van der Waals surface area (Å²) in [5.74, 6) is 2.79. The molecule has 1 heterocycles. The lowest BCUT2D eigenvalue weighted by Gasteiger charge is -2.16. The molecule has 0 saturated heterocycles. The Bertz CT molecular complexity index is 2300. The molecule has 0 aliphatic carbocycles. The van der Waals surface area contributed by atoms with E-state index in [9.17, 15) is 0 Å². The van der Waals surface area contributed by atoms with Gasteiger partial charge in [0.1, 0.15) is 5.75 Å². The van der Waals surface area contributed by atoms with Crippen molar-refractivity contribution in [2.75, 3.05) is 7.11 Å². The molecule has 228 valence electrons. The van der Waals surface area contributed by atoms with Crippen LogP contribution in [-0.4, -0.2) is 22.1 Å². The smallest absolute Gasteiger partial charge is 0.164 e. The Morgan fingerprint density at radius 1 is 0.354 bits per heavy atom. The predicted molar refractivity (Wildman–Crippen MR) is 197 cm³/mol. The predicted octanol–water partition coefficient (Wildman–Crippen LogP) is 11.0. The molecule has 0 aliphatic heterocycles. The standard InChI is InChI=1S/C44H31N3O/c1-48-41-38(30-14-5-2-6-15-30)22-13-23-39(41)36-28-35-20-11-12-21-37(35)40(29-36)31-24-26-34(27-25-31)44-46-42(32-16-7-3-8-17-32)45-43(47-44)33-18-9-4-10-19-33/h2-29H,1H3. The van der Waals surface area contributed by atoms with Gasteiger partial charge < -0.3 is 4.74 Å². The molecular formula is C44H31N3O. The molecule has 0 N–H and O–H groups in total. The fourth-order valence-electron chi connectivity index (χ4n) is 6.27. The zero-order valence-electron chi connectivity index (χ0n) is 26.4. The molecule has 0 saturated carbocycles. The number of ether oxygens (including phenoxy) is 1. The lowest BCUT2D eigenvalue weighted by molar-refractivity contribution is 0.418. The fourth-order valence-corrected chi connectivity index (χ4v) is 6.27. The van der Waals surface area contributed by atoms with E-state index in [2.05, 4.69) is 103 Å². The number of aromatic nitrogens is 3. The summed E-state index contributed by atoms with van der Waals surface area (Å²) in [6.07, 6.45) is 0. The summed E-state index contributed by atoms with van der Waals surface area (Å²) in [5.41, 5.74) is 9.41. The molecule has 0 aliphatic rings. The highest BCUT2D eigenvalue weighted by Crippen LogP contribution is 2.42. The van der Waals surface area contributed by atoms with Crippen LogP contribution >= 0.6 is 0 Å². The Morgan fingerprint density at radius 2 is 0.792 bits per heavy atom. The van der Waals surface area contributed by atoms with E-state index >= 15 is 0 Å². The lowest BCUT2D eigenvalue weighted by Crippen LogP contribution is -2.00. The highest BCUT2D eigenvalue weighted by molar-refractivity contribution is 6.01. The molecule has 1 aromatic heterocycles. The van der Waals surface area contributed by atoms with Gasteiger partial charge >= 0.3 is 0 Å². The summed E-state index contributed by atoms with van der Waals surface area (Å²) in [7, 11) is 1.75. The number of fused-ring (bicyclic) bond motifs is 1. The first-order chi connectivity index (χ1) is 23.7. The summed E-state index contributed by atoms with van der Waals surface area (Å²) in [6.45, 7) is 0. The Labute approximate surface area is 280 Å². The molecule has 0 radical (unpaired) electrons. The number of methoxy groups -OCH3 is 1. The van der Waals surface area contributed by atoms with Crippen molar-refractivity contribution in [2.24, 2.45) is 0 Å². The van der Waals surface area contributed by atoms with Gasteiger partial charge in [0.05, 0.1) is 7.11 Å². The van der Waals surface area contributed by atoms with Crippen LogP contribution in [0.15, 0.2) is 170 Å². The SMILES string of the molecule is COc1c(-c2ccccc2)cccc1-c1cc(-c2ccc(-c3nc(-c4ccccc4)nc(-c4ccccc4)n3)cc2)c2ccccc2c1. The van der Waals surface area contributed by atoms with Crippen LogP contribution < -0.4 is 4.74 Å². The largest absolute Gasteiger partial charge is 0.495 e. The number of rotatable bonds is 7. The molecule has 48 heavy (non-hydrogen) atoms. The van der Waals surface area contributed by atoms with Crippen LogP contribution in [0.4, 0.5) is 0 Å². The average Bonchev–Trinajstić information content (AvgIpc) is 3.18. The van der Waals surface area contributed by atoms with Gasteiger partial charge in [-0.15, -0.1) is 0 Å². The monoisotopic (exact) mass is 617 g/mol. The first-order valence-electron chi connectivity index (χ1n) is 16.0. The fraction of sp³-hybridized carbons (Fsp3) is 0.0227. The van der Waals surface area contributed by atoms with Gasteiger partial charge in [-0.3, -0.25) is 0 Å². The Hall–Kier alpha value is -6.39. The van der Waals surface area contributed by atoms with Gasteiger partial charge in [-0.25, -0.2) is 15.0 Å². The molecule has 4 heteroatoms. The van der Waals surface area contributed by atoms with Crippen molar-refractivity contribution in [3.63, 3.8) is 0 Å². The minimum absolute atomic E-state index is 0.635. The summed E-state index contributed by atoms with van der Waals surface area (Å²) >= 11 is 0. The van der Waals surface area contributed by atoms with Crippen molar-refractivity contribution < 1.29 is 4.74 Å². The van der Waals surface area contributed by atoms with Gasteiger partial charge in [-0.1, -0.05) is 158 Å². The molecule has 0 fully saturated rings. The lowest BCUT2D eigenvalue weighted by atomic mass is 9.91. The zero-order valence-corrected chi connectivity index (χ0v) is 26.4. The molecule has 8 aromatic rings. The van der Waals surface area contributed by atoms with E-state index in [0.29, 0.717) is 17.5 Å². The second kappa shape index (κ2) is 12.8. The van der Waals surface area contributed by atoms with E-state index < -0.39 is 0 Å².